The van der Waals surface area contributed by atoms with E-state index in [9.17, 15) is 26.3 Å². The van der Waals surface area contributed by atoms with Crippen LogP contribution in [0.25, 0.3) is 0 Å². The molecular weight excluding hydrogens is 992 g/mol. The molecule has 0 aromatic carbocycles. The van der Waals surface area contributed by atoms with Gasteiger partial charge >= 0.3 is 12.4 Å². The fourth-order valence-corrected chi connectivity index (χ4v) is 8.57. The number of anilines is 4. The predicted molar refractivity (Wildman–Crippen MR) is 240 cm³/mol. The SMILES string of the molecule is FC(F)(F)c1c(Cl)c(N2CCOCCOCCOCCOCCOCC2)nc(N2CCCN(c3nc(N4CCOCCOCCOCCOCCOCC4)c(Cl)c(C(F)(F)F)c3Cl)CC2)c1Cl. The van der Waals surface area contributed by atoms with Crippen LogP contribution in [-0.4, -0.2) is 194 Å². The van der Waals surface area contributed by atoms with Gasteiger partial charge in [0.1, 0.15) is 11.1 Å². The van der Waals surface area contributed by atoms with Crippen LogP contribution in [0.2, 0.25) is 20.1 Å². The van der Waals surface area contributed by atoms with Crippen LogP contribution in [0.1, 0.15) is 17.5 Å². The summed E-state index contributed by atoms with van der Waals surface area (Å²) >= 11 is 26.2. The van der Waals surface area contributed by atoms with Crippen LogP contribution < -0.4 is 19.6 Å². The number of nitrogens with zero attached hydrogens (tertiary/aromatic N) is 6. The van der Waals surface area contributed by atoms with Crippen LogP contribution in [0.3, 0.4) is 0 Å². The quantitative estimate of drug-likeness (QED) is 0.303. The third kappa shape index (κ3) is 17.9. The van der Waals surface area contributed by atoms with E-state index < -0.39 is 43.6 Å². The zero-order valence-corrected chi connectivity index (χ0v) is 40.1. The lowest BCUT2D eigenvalue weighted by Gasteiger charge is -2.31. The van der Waals surface area contributed by atoms with Gasteiger partial charge in [-0.15, -0.1) is 0 Å². The molecule has 0 saturated carbocycles. The minimum absolute atomic E-state index is 0.0542. The van der Waals surface area contributed by atoms with Crippen molar-refractivity contribution in [2.24, 2.45) is 0 Å². The Morgan fingerprint density at radius 2 is 0.493 bits per heavy atom. The third-order valence-corrected chi connectivity index (χ3v) is 11.8. The van der Waals surface area contributed by atoms with Gasteiger partial charge in [0.15, 0.2) is 23.3 Å². The van der Waals surface area contributed by atoms with Gasteiger partial charge in [0.2, 0.25) is 0 Å². The molecule has 2 aromatic heterocycles. The van der Waals surface area contributed by atoms with Crippen LogP contribution in [-0.2, 0) is 59.7 Å². The van der Waals surface area contributed by atoms with Gasteiger partial charge in [-0.25, -0.2) is 9.97 Å². The van der Waals surface area contributed by atoms with Gasteiger partial charge in [-0.1, -0.05) is 46.4 Å². The van der Waals surface area contributed by atoms with Gasteiger partial charge in [0.05, 0.1) is 152 Å². The van der Waals surface area contributed by atoms with Crippen molar-refractivity contribution in [1.29, 1.82) is 0 Å². The molecule has 0 N–H and O–H groups in total. The molecule has 0 aliphatic carbocycles. The van der Waals surface area contributed by atoms with Crippen molar-refractivity contribution in [3.63, 3.8) is 0 Å². The number of aromatic nitrogens is 2. The maximum absolute atomic E-state index is 14.9. The molecule has 0 unspecified atom stereocenters. The van der Waals surface area contributed by atoms with Crippen molar-refractivity contribution in [3.8, 4) is 0 Å². The van der Waals surface area contributed by atoms with Gasteiger partial charge in [-0.2, -0.15) is 26.3 Å². The first-order valence-electron chi connectivity index (χ1n) is 22.0. The lowest BCUT2D eigenvalue weighted by molar-refractivity contribution is -0.138. The lowest BCUT2D eigenvalue weighted by Crippen LogP contribution is -2.36. The summed E-state index contributed by atoms with van der Waals surface area (Å²) in [6.45, 7) is 5.41. The molecule has 0 amide bonds. The highest BCUT2D eigenvalue weighted by Gasteiger charge is 2.42. The fraction of sp³-hybridized carbons (Fsp3) is 0.756. The Hall–Kier alpha value is -2.16. The summed E-state index contributed by atoms with van der Waals surface area (Å²) in [4.78, 5) is 15.4. The fourth-order valence-electron chi connectivity index (χ4n) is 7.02. The lowest BCUT2D eigenvalue weighted by atomic mass is 10.2. The van der Waals surface area contributed by atoms with Crippen LogP contribution in [0.4, 0.5) is 49.6 Å². The monoisotopic (exact) mass is 1050 g/mol. The number of halogens is 10. The summed E-state index contributed by atoms with van der Waals surface area (Å²) in [5.74, 6) is -0.862. The molecule has 16 nitrogen and oxygen atoms in total. The van der Waals surface area contributed by atoms with Crippen LogP contribution in [0, 0.1) is 0 Å². The Balaban J connectivity index is 1.41. The van der Waals surface area contributed by atoms with E-state index in [1.165, 1.54) is 19.6 Å². The number of pyridine rings is 2. The minimum atomic E-state index is -5.00. The van der Waals surface area contributed by atoms with E-state index in [0.717, 1.165) is 0 Å². The standard InChI is InChI=1S/C41H58Cl4F6N6O10/c42-32-30(40(46,47)48)34(44)38(56-6-10-58-14-18-62-22-26-66-27-23-63-19-15-59-11-7-56)52-36(32)54-2-1-3-55(5-4-54)37-33(43)31(41(49,50)51)35(45)39(53-37)57-8-12-60-16-20-64-24-28-67-29-25-65-21-17-61-13-9-57/h1-29H2. The molecule has 3 aliphatic heterocycles. The molecule has 0 spiro atoms. The van der Waals surface area contributed by atoms with Crippen molar-refractivity contribution in [2.45, 2.75) is 18.8 Å². The maximum Gasteiger partial charge on any atom is 0.419 e. The van der Waals surface area contributed by atoms with E-state index in [4.69, 9.17) is 93.8 Å². The van der Waals surface area contributed by atoms with Crippen molar-refractivity contribution < 1.29 is 73.7 Å². The molecule has 26 heteroatoms. The van der Waals surface area contributed by atoms with E-state index in [0.29, 0.717) is 52.9 Å². The van der Waals surface area contributed by atoms with Crippen LogP contribution in [0.15, 0.2) is 0 Å². The second-order valence-electron chi connectivity index (χ2n) is 14.9. The molecule has 3 aliphatic rings. The molecular formula is C41H58Cl4F6N6O10. The summed E-state index contributed by atoms with van der Waals surface area (Å²) in [5.41, 5.74) is -2.58. The number of ether oxygens (including phenoxy) is 10. The topological polar surface area (TPSA) is 131 Å². The molecule has 5 heterocycles. The zero-order valence-electron chi connectivity index (χ0n) is 37.1. The smallest absolute Gasteiger partial charge is 0.377 e. The highest BCUT2D eigenvalue weighted by Crippen LogP contribution is 2.48. The summed E-state index contributed by atoms with van der Waals surface area (Å²) in [5, 5.41) is -2.90. The van der Waals surface area contributed by atoms with Crippen LogP contribution in [0.5, 0.6) is 0 Å². The third-order valence-electron chi connectivity index (χ3n) is 10.3. The normalized spacial score (nSPS) is 20.9. The molecule has 0 radical (unpaired) electrons. The number of hydrogen-bond donors (Lipinski definition) is 0. The first-order valence-corrected chi connectivity index (χ1v) is 23.5. The van der Waals surface area contributed by atoms with Gasteiger partial charge in [0, 0.05) is 52.4 Å². The van der Waals surface area contributed by atoms with E-state index in [1.54, 1.807) is 0 Å². The Bertz CT molecular complexity index is 1630. The van der Waals surface area contributed by atoms with Gasteiger partial charge < -0.3 is 67.0 Å². The van der Waals surface area contributed by atoms with Gasteiger partial charge in [0.25, 0.3) is 0 Å². The Morgan fingerprint density at radius 1 is 0.299 bits per heavy atom. The first kappa shape index (κ1) is 55.8. The first-order chi connectivity index (χ1) is 32.3. The number of hydrogen-bond acceptors (Lipinski definition) is 16. The van der Waals surface area contributed by atoms with E-state index in [2.05, 4.69) is 9.97 Å². The summed E-state index contributed by atoms with van der Waals surface area (Å²) in [6.07, 6.45) is -9.78. The molecule has 3 fully saturated rings. The highest BCUT2D eigenvalue weighted by atomic mass is 35.5. The summed E-state index contributed by atoms with van der Waals surface area (Å²) in [7, 11) is 0. The summed E-state index contributed by atoms with van der Waals surface area (Å²) in [6, 6.07) is 0. The zero-order chi connectivity index (χ0) is 48.1. The molecule has 3 saturated heterocycles. The summed E-state index contributed by atoms with van der Waals surface area (Å²) < 4.78 is 145. The Morgan fingerprint density at radius 3 is 0.701 bits per heavy atom. The van der Waals surface area contributed by atoms with Crippen LogP contribution >= 0.6 is 46.4 Å². The molecule has 67 heavy (non-hydrogen) atoms. The highest BCUT2D eigenvalue weighted by molar-refractivity contribution is 6.39. The second kappa shape index (κ2) is 29.2. The number of alkyl halides is 6. The van der Waals surface area contributed by atoms with Gasteiger partial charge in [-0.3, -0.25) is 0 Å². The molecule has 5 rings (SSSR count). The molecule has 0 bridgehead atoms. The van der Waals surface area contributed by atoms with Crippen molar-refractivity contribution >= 4 is 69.7 Å². The molecule has 2 aromatic rings. The number of rotatable bonds is 4. The van der Waals surface area contributed by atoms with E-state index in [1.807, 2.05) is 0 Å². The average molecular weight is 1050 g/mol. The minimum Gasteiger partial charge on any atom is -0.377 e. The average Bonchev–Trinajstić information content (AvgIpc) is 3.52. The predicted octanol–water partition coefficient (Wildman–Crippen LogP) is 6.65. The van der Waals surface area contributed by atoms with Gasteiger partial charge in [-0.05, 0) is 6.42 Å². The Kier molecular flexibility index (Phi) is 24.3. The molecule has 0 atom stereocenters. The maximum atomic E-state index is 14.9. The van der Waals surface area contributed by atoms with E-state index in [-0.39, 0.29) is 161 Å². The van der Waals surface area contributed by atoms with Crippen molar-refractivity contribution in [1.82, 2.24) is 9.97 Å². The largest absolute Gasteiger partial charge is 0.419 e. The Labute approximate surface area is 406 Å². The van der Waals surface area contributed by atoms with Crippen molar-refractivity contribution in [2.75, 3.05) is 204 Å². The second-order valence-corrected chi connectivity index (χ2v) is 16.5. The van der Waals surface area contributed by atoms with E-state index >= 15 is 0 Å². The van der Waals surface area contributed by atoms with Crippen molar-refractivity contribution in [3.05, 3.63) is 31.2 Å². The molecule has 382 valence electrons.